The smallest absolute Gasteiger partial charge is 0.126 e. The third kappa shape index (κ3) is 2.61. The van der Waals surface area contributed by atoms with Crippen molar-refractivity contribution in [1.82, 2.24) is 0 Å². The summed E-state index contributed by atoms with van der Waals surface area (Å²) in [4.78, 5) is 0. The quantitative estimate of drug-likeness (QED) is 0.670. The van der Waals surface area contributed by atoms with Gasteiger partial charge in [0.2, 0.25) is 0 Å². The molecule has 2 atom stereocenters. The number of aliphatic hydroxyl groups excluding tert-OH is 2. The van der Waals surface area contributed by atoms with Crippen molar-refractivity contribution in [3.63, 3.8) is 0 Å². The van der Waals surface area contributed by atoms with E-state index in [2.05, 4.69) is 29.6 Å². The molecule has 1 aromatic rings. The third-order valence-corrected chi connectivity index (χ3v) is 3.32. The van der Waals surface area contributed by atoms with E-state index in [1.807, 2.05) is 0 Å². The van der Waals surface area contributed by atoms with Crippen molar-refractivity contribution in [3.8, 4) is 0 Å². The lowest BCUT2D eigenvalue weighted by molar-refractivity contribution is -0.702. The number of nitrogens with two attached hydrogens (primary N) is 1. The van der Waals surface area contributed by atoms with Crippen LogP contribution in [-0.2, 0) is 6.42 Å². The fraction of sp³-hybridized carbons (Fsp3) is 0.538. The summed E-state index contributed by atoms with van der Waals surface area (Å²) < 4.78 is 0. The summed E-state index contributed by atoms with van der Waals surface area (Å²) in [6.45, 7) is 0.431. The molecule has 0 unspecified atom stereocenters. The van der Waals surface area contributed by atoms with Crippen molar-refractivity contribution in [1.29, 1.82) is 0 Å². The Morgan fingerprint density at radius 2 is 2.19 bits per heavy atom. The summed E-state index contributed by atoms with van der Waals surface area (Å²) in [7, 11) is 0. The molecule has 1 aromatic carbocycles. The highest BCUT2D eigenvalue weighted by molar-refractivity contribution is 5.30. The summed E-state index contributed by atoms with van der Waals surface area (Å²) in [5.41, 5.74) is 2.84. The Balaban J connectivity index is 2.01. The number of rotatable bonds is 4. The van der Waals surface area contributed by atoms with Crippen molar-refractivity contribution in [2.45, 2.75) is 31.4 Å². The van der Waals surface area contributed by atoms with Gasteiger partial charge in [0.05, 0.1) is 6.61 Å². The van der Waals surface area contributed by atoms with Crippen molar-refractivity contribution < 1.29 is 15.5 Å². The predicted octanol–water partition coefficient (Wildman–Crippen LogP) is -0.0194. The number of hydrogen-bond donors (Lipinski definition) is 3. The molecule has 0 fully saturated rings. The minimum absolute atomic E-state index is 0.148. The Kier molecular flexibility index (Phi) is 3.93. The van der Waals surface area contributed by atoms with Crippen molar-refractivity contribution in [2.75, 3.05) is 13.2 Å². The summed E-state index contributed by atoms with van der Waals surface area (Å²) in [5, 5.41) is 20.3. The van der Waals surface area contributed by atoms with E-state index in [0.717, 1.165) is 6.42 Å². The first-order valence-electron chi connectivity index (χ1n) is 6.01. The fourth-order valence-corrected chi connectivity index (χ4v) is 2.43. The molecule has 0 saturated carbocycles. The SMILES string of the molecule is OC[C@H](O)C[NH2+][C@H]1CCCc2ccccc21. The Hall–Kier alpha value is -0.900. The lowest BCUT2D eigenvalue weighted by Crippen LogP contribution is -2.87. The maximum atomic E-state index is 9.36. The normalized spacial score (nSPS) is 21.5. The van der Waals surface area contributed by atoms with Crippen LogP contribution in [0.4, 0.5) is 0 Å². The monoisotopic (exact) mass is 222 g/mol. The number of quaternary nitrogens is 1. The molecule has 0 aliphatic heterocycles. The van der Waals surface area contributed by atoms with E-state index >= 15 is 0 Å². The molecular weight excluding hydrogens is 202 g/mol. The number of aliphatic hydroxyl groups is 2. The number of benzene rings is 1. The van der Waals surface area contributed by atoms with Gasteiger partial charge in [0.15, 0.2) is 0 Å². The minimum atomic E-state index is -0.603. The molecule has 3 nitrogen and oxygen atoms in total. The topological polar surface area (TPSA) is 57.1 Å². The Bertz CT molecular complexity index is 340. The second-order valence-electron chi connectivity index (χ2n) is 4.51. The second-order valence-corrected chi connectivity index (χ2v) is 4.51. The lowest BCUT2D eigenvalue weighted by atomic mass is 9.88. The van der Waals surface area contributed by atoms with Crippen molar-refractivity contribution in [3.05, 3.63) is 35.4 Å². The average molecular weight is 222 g/mol. The Labute approximate surface area is 96.1 Å². The Morgan fingerprint density at radius 3 is 3.00 bits per heavy atom. The molecule has 0 amide bonds. The highest BCUT2D eigenvalue weighted by atomic mass is 16.3. The van der Waals surface area contributed by atoms with Crippen molar-refractivity contribution >= 4 is 0 Å². The van der Waals surface area contributed by atoms with Crippen LogP contribution in [0.15, 0.2) is 24.3 Å². The summed E-state index contributed by atoms with van der Waals surface area (Å²) in [6.07, 6.45) is 2.94. The standard InChI is InChI=1S/C13H19NO2/c15-9-11(16)8-14-13-7-3-5-10-4-1-2-6-12(10)13/h1-2,4,6,11,13-16H,3,5,7-9H2/p+1/t11-,13+/m1/s1. The van der Waals surface area contributed by atoms with E-state index in [-0.39, 0.29) is 6.61 Å². The van der Waals surface area contributed by atoms with Crippen LogP contribution in [0.3, 0.4) is 0 Å². The van der Waals surface area contributed by atoms with Crippen LogP contribution in [0, 0.1) is 0 Å². The van der Waals surface area contributed by atoms with Crippen LogP contribution in [0.25, 0.3) is 0 Å². The molecular formula is C13H20NO2+. The van der Waals surface area contributed by atoms with Gasteiger partial charge in [-0.05, 0) is 18.4 Å². The first-order valence-corrected chi connectivity index (χ1v) is 6.01. The number of aryl methyl sites for hydroxylation is 1. The fourth-order valence-electron chi connectivity index (χ4n) is 2.43. The lowest BCUT2D eigenvalue weighted by Gasteiger charge is -2.24. The second kappa shape index (κ2) is 5.43. The van der Waals surface area contributed by atoms with Gasteiger partial charge in [-0.2, -0.15) is 0 Å². The van der Waals surface area contributed by atoms with E-state index in [1.165, 1.54) is 24.0 Å². The zero-order valence-corrected chi connectivity index (χ0v) is 9.47. The van der Waals surface area contributed by atoms with E-state index in [4.69, 9.17) is 5.11 Å². The molecule has 2 rings (SSSR count). The molecule has 0 radical (unpaired) electrons. The molecule has 88 valence electrons. The van der Waals surface area contributed by atoms with E-state index in [1.54, 1.807) is 0 Å². The zero-order valence-electron chi connectivity index (χ0n) is 9.47. The molecule has 16 heavy (non-hydrogen) atoms. The highest BCUT2D eigenvalue weighted by Crippen LogP contribution is 2.26. The van der Waals surface area contributed by atoms with Gasteiger partial charge in [-0.15, -0.1) is 0 Å². The zero-order chi connectivity index (χ0) is 11.4. The van der Waals surface area contributed by atoms with Crippen molar-refractivity contribution in [2.24, 2.45) is 0 Å². The van der Waals surface area contributed by atoms with Crippen LogP contribution in [0.5, 0.6) is 0 Å². The van der Waals surface area contributed by atoms with Gasteiger partial charge in [0, 0.05) is 12.0 Å². The summed E-state index contributed by atoms with van der Waals surface area (Å²) >= 11 is 0. The van der Waals surface area contributed by atoms with Gasteiger partial charge in [-0.1, -0.05) is 24.3 Å². The molecule has 0 bridgehead atoms. The van der Waals surface area contributed by atoms with Gasteiger partial charge < -0.3 is 15.5 Å². The number of hydrogen-bond acceptors (Lipinski definition) is 2. The Morgan fingerprint density at radius 1 is 1.38 bits per heavy atom. The molecule has 0 aromatic heterocycles. The van der Waals surface area contributed by atoms with Crippen LogP contribution in [0.1, 0.15) is 30.0 Å². The first kappa shape index (κ1) is 11.6. The molecule has 1 aliphatic rings. The maximum absolute atomic E-state index is 9.36. The average Bonchev–Trinajstić information content (AvgIpc) is 2.35. The predicted molar refractivity (Wildman–Crippen MR) is 62.0 cm³/mol. The van der Waals surface area contributed by atoms with Crippen LogP contribution in [-0.4, -0.2) is 29.5 Å². The van der Waals surface area contributed by atoms with Gasteiger partial charge >= 0.3 is 0 Å². The van der Waals surface area contributed by atoms with Gasteiger partial charge in [0.1, 0.15) is 18.7 Å². The van der Waals surface area contributed by atoms with E-state index in [0.29, 0.717) is 12.6 Å². The van der Waals surface area contributed by atoms with Gasteiger partial charge in [-0.3, -0.25) is 0 Å². The van der Waals surface area contributed by atoms with Crippen LogP contribution in [0.2, 0.25) is 0 Å². The summed E-state index contributed by atoms with van der Waals surface area (Å²) in [5.74, 6) is 0. The van der Waals surface area contributed by atoms with Gasteiger partial charge in [0.25, 0.3) is 0 Å². The molecule has 0 spiro atoms. The van der Waals surface area contributed by atoms with E-state index < -0.39 is 6.10 Å². The molecule has 4 N–H and O–H groups in total. The molecule has 0 heterocycles. The maximum Gasteiger partial charge on any atom is 0.126 e. The van der Waals surface area contributed by atoms with Crippen LogP contribution >= 0.6 is 0 Å². The van der Waals surface area contributed by atoms with E-state index in [9.17, 15) is 5.11 Å². The third-order valence-electron chi connectivity index (χ3n) is 3.32. The van der Waals surface area contributed by atoms with Gasteiger partial charge in [-0.25, -0.2) is 0 Å². The molecule has 1 aliphatic carbocycles. The summed E-state index contributed by atoms with van der Waals surface area (Å²) in [6, 6.07) is 8.99. The molecule has 3 heteroatoms. The number of fused-ring (bicyclic) bond motifs is 1. The largest absolute Gasteiger partial charge is 0.393 e. The first-order chi connectivity index (χ1) is 7.81. The highest BCUT2D eigenvalue weighted by Gasteiger charge is 2.22. The van der Waals surface area contributed by atoms with Crippen LogP contribution < -0.4 is 5.32 Å². The molecule has 0 saturated heterocycles. The minimum Gasteiger partial charge on any atom is -0.393 e.